The Hall–Kier alpha value is 0.01000. The van der Waals surface area contributed by atoms with E-state index in [0.717, 1.165) is 25.7 Å². The Morgan fingerprint density at radius 2 is 1.63 bits per heavy atom. The molecule has 0 amide bonds. The quantitative estimate of drug-likeness (QED) is 0.800. The predicted molar refractivity (Wildman–Crippen MR) is 81.0 cm³/mol. The zero-order valence-corrected chi connectivity index (χ0v) is 12.8. The van der Waals surface area contributed by atoms with Crippen molar-refractivity contribution < 1.29 is 5.11 Å². The van der Waals surface area contributed by atoms with E-state index >= 15 is 0 Å². The molecule has 5 heteroatoms. The van der Waals surface area contributed by atoms with E-state index in [4.69, 9.17) is 40.5 Å². The molecule has 0 radical (unpaired) electrons. The number of halogens is 3. The van der Waals surface area contributed by atoms with Crippen molar-refractivity contribution in [2.45, 2.75) is 44.2 Å². The van der Waals surface area contributed by atoms with E-state index in [1.54, 1.807) is 12.1 Å². The molecule has 0 bridgehead atoms. The van der Waals surface area contributed by atoms with Crippen LogP contribution in [-0.2, 0) is 0 Å². The third kappa shape index (κ3) is 3.37. The molecule has 106 valence electrons. The molecule has 0 saturated heterocycles. The van der Waals surface area contributed by atoms with E-state index in [2.05, 4.69) is 0 Å². The zero-order chi connectivity index (χ0) is 14.0. The molecule has 1 fully saturated rings. The first kappa shape index (κ1) is 15.4. The van der Waals surface area contributed by atoms with Gasteiger partial charge in [0, 0.05) is 10.6 Å². The molecule has 2 nitrogen and oxygen atoms in total. The van der Waals surface area contributed by atoms with Gasteiger partial charge in [0.05, 0.1) is 22.2 Å². The fourth-order valence-electron chi connectivity index (χ4n) is 2.79. The molecule has 1 aliphatic rings. The van der Waals surface area contributed by atoms with Crippen LogP contribution in [0.5, 0.6) is 0 Å². The summed E-state index contributed by atoms with van der Waals surface area (Å²) < 4.78 is 0. The normalized spacial score (nSPS) is 20.3. The SMILES string of the molecule is N[C@H](c1c(Cl)ccc(Cl)c1Cl)[C@@H](O)C1CCCCC1. The molecular weight excluding hydrogens is 305 g/mol. The van der Waals surface area contributed by atoms with Crippen molar-refractivity contribution in [1.82, 2.24) is 0 Å². The van der Waals surface area contributed by atoms with Crippen LogP contribution in [-0.4, -0.2) is 11.2 Å². The van der Waals surface area contributed by atoms with Crippen molar-refractivity contribution in [3.63, 3.8) is 0 Å². The van der Waals surface area contributed by atoms with Gasteiger partial charge in [-0.15, -0.1) is 0 Å². The maximum atomic E-state index is 10.5. The van der Waals surface area contributed by atoms with Crippen LogP contribution in [0.15, 0.2) is 12.1 Å². The van der Waals surface area contributed by atoms with Crippen LogP contribution in [0.2, 0.25) is 15.1 Å². The zero-order valence-electron chi connectivity index (χ0n) is 10.6. The molecule has 0 heterocycles. The molecule has 1 saturated carbocycles. The molecule has 1 aliphatic carbocycles. The minimum Gasteiger partial charge on any atom is -0.391 e. The van der Waals surface area contributed by atoms with Gasteiger partial charge in [0.1, 0.15) is 0 Å². The predicted octanol–water partition coefficient (Wildman–Crippen LogP) is 4.59. The number of nitrogens with two attached hydrogens (primary N) is 1. The molecule has 1 aromatic rings. The molecule has 0 aliphatic heterocycles. The first-order valence-electron chi connectivity index (χ1n) is 6.59. The van der Waals surface area contributed by atoms with Gasteiger partial charge in [0.2, 0.25) is 0 Å². The summed E-state index contributed by atoms with van der Waals surface area (Å²) in [6, 6.07) is 2.70. The highest BCUT2D eigenvalue weighted by molar-refractivity contribution is 6.44. The molecule has 0 unspecified atom stereocenters. The second kappa shape index (κ2) is 6.64. The van der Waals surface area contributed by atoms with E-state index in [1.165, 1.54) is 6.42 Å². The lowest BCUT2D eigenvalue weighted by molar-refractivity contribution is 0.0618. The highest BCUT2D eigenvalue weighted by Crippen LogP contribution is 2.39. The summed E-state index contributed by atoms with van der Waals surface area (Å²) in [7, 11) is 0. The van der Waals surface area contributed by atoms with Crippen LogP contribution in [0, 0.1) is 5.92 Å². The van der Waals surface area contributed by atoms with Gasteiger partial charge in [-0.25, -0.2) is 0 Å². The first-order chi connectivity index (χ1) is 9.02. The van der Waals surface area contributed by atoms with E-state index in [0.29, 0.717) is 20.6 Å². The van der Waals surface area contributed by atoms with E-state index in [1.807, 2.05) is 0 Å². The maximum Gasteiger partial charge on any atom is 0.0761 e. The minimum atomic E-state index is -0.631. The van der Waals surface area contributed by atoms with Crippen LogP contribution in [0.25, 0.3) is 0 Å². The lowest BCUT2D eigenvalue weighted by Gasteiger charge is -2.31. The average Bonchev–Trinajstić information content (AvgIpc) is 2.43. The monoisotopic (exact) mass is 321 g/mol. The summed E-state index contributed by atoms with van der Waals surface area (Å²) in [6.45, 7) is 0. The number of benzene rings is 1. The summed E-state index contributed by atoms with van der Waals surface area (Å²) in [5.74, 6) is 0.217. The molecular formula is C14H18Cl3NO. The van der Waals surface area contributed by atoms with E-state index in [9.17, 15) is 5.11 Å². The van der Waals surface area contributed by atoms with E-state index in [-0.39, 0.29) is 5.92 Å². The maximum absolute atomic E-state index is 10.5. The third-order valence-corrected chi connectivity index (χ3v) is 5.06. The van der Waals surface area contributed by atoms with Gasteiger partial charge in [-0.1, -0.05) is 54.1 Å². The van der Waals surface area contributed by atoms with E-state index < -0.39 is 12.1 Å². The second-order valence-electron chi connectivity index (χ2n) is 5.17. The van der Waals surface area contributed by atoms with Crippen molar-refractivity contribution in [1.29, 1.82) is 0 Å². The highest BCUT2D eigenvalue weighted by atomic mass is 35.5. The standard InChI is InChI=1S/C14H18Cl3NO/c15-9-6-7-10(16)12(17)11(9)13(18)14(19)8-4-2-1-3-5-8/h6-8,13-14,19H,1-5,18H2/t13-,14+/m1/s1. The molecule has 0 spiro atoms. The van der Waals surface area contributed by atoms with Gasteiger partial charge in [-0.2, -0.15) is 0 Å². The van der Waals surface area contributed by atoms with Crippen molar-refractivity contribution >= 4 is 34.8 Å². The topological polar surface area (TPSA) is 46.2 Å². The Kier molecular flexibility index (Phi) is 5.38. The summed E-state index contributed by atoms with van der Waals surface area (Å²) in [5.41, 5.74) is 6.71. The molecule has 2 rings (SSSR count). The van der Waals surface area contributed by atoms with Gasteiger partial charge >= 0.3 is 0 Å². The summed E-state index contributed by atoms with van der Waals surface area (Å²) in [4.78, 5) is 0. The molecule has 1 aromatic carbocycles. The largest absolute Gasteiger partial charge is 0.391 e. The number of hydrogen-bond donors (Lipinski definition) is 2. The lowest BCUT2D eigenvalue weighted by atomic mass is 9.81. The van der Waals surface area contributed by atoms with Crippen molar-refractivity contribution in [2.24, 2.45) is 11.7 Å². The van der Waals surface area contributed by atoms with Gasteiger partial charge in [-0.05, 0) is 30.9 Å². The van der Waals surface area contributed by atoms with Crippen LogP contribution in [0.3, 0.4) is 0 Å². The van der Waals surface area contributed by atoms with Gasteiger partial charge < -0.3 is 10.8 Å². The average molecular weight is 323 g/mol. The number of hydrogen-bond acceptors (Lipinski definition) is 2. The summed E-state index contributed by atoms with van der Waals surface area (Å²) in [6.07, 6.45) is 4.90. The Balaban J connectivity index is 2.23. The Morgan fingerprint density at radius 3 is 2.26 bits per heavy atom. The third-order valence-electron chi connectivity index (χ3n) is 3.91. The van der Waals surface area contributed by atoms with Crippen LogP contribution >= 0.6 is 34.8 Å². The van der Waals surface area contributed by atoms with Gasteiger partial charge in [0.25, 0.3) is 0 Å². The number of aliphatic hydroxyl groups excluding tert-OH is 1. The van der Waals surface area contributed by atoms with Crippen LogP contribution in [0.4, 0.5) is 0 Å². The minimum absolute atomic E-state index is 0.217. The van der Waals surface area contributed by atoms with Gasteiger partial charge in [-0.3, -0.25) is 0 Å². The van der Waals surface area contributed by atoms with Crippen molar-refractivity contribution in [3.8, 4) is 0 Å². The highest BCUT2D eigenvalue weighted by Gasteiger charge is 2.30. The first-order valence-corrected chi connectivity index (χ1v) is 7.72. The van der Waals surface area contributed by atoms with Crippen LogP contribution in [0.1, 0.15) is 43.7 Å². The van der Waals surface area contributed by atoms with Crippen molar-refractivity contribution in [3.05, 3.63) is 32.8 Å². The summed E-state index contributed by atoms with van der Waals surface area (Å²) >= 11 is 18.3. The number of aliphatic hydroxyl groups is 1. The fraction of sp³-hybridized carbons (Fsp3) is 0.571. The Bertz CT molecular complexity index is 447. The molecule has 19 heavy (non-hydrogen) atoms. The van der Waals surface area contributed by atoms with Crippen LogP contribution < -0.4 is 5.73 Å². The molecule has 2 atom stereocenters. The Labute approximate surface area is 128 Å². The van der Waals surface area contributed by atoms with Crippen molar-refractivity contribution in [2.75, 3.05) is 0 Å². The summed E-state index contributed by atoms with van der Waals surface area (Å²) in [5, 5.41) is 11.7. The molecule has 0 aromatic heterocycles. The Morgan fingerprint density at radius 1 is 1.05 bits per heavy atom. The smallest absolute Gasteiger partial charge is 0.0761 e. The molecule has 3 N–H and O–H groups in total. The van der Waals surface area contributed by atoms with Gasteiger partial charge in [0.15, 0.2) is 0 Å². The fourth-order valence-corrected chi connectivity index (χ4v) is 3.58. The second-order valence-corrected chi connectivity index (χ2v) is 6.36. The number of rotatable bonds is 3. The lowest BCUT2D eigenvalue weighted by Crippen LogP contribution is -2.34.